The van der Waals surface area contributed by atoms with Crippen LogP contribution >= 0.6 is 51.0 Å². The highest BCUT2D eigenvalue weighted by Gasteiger charge is 2.16. The van der Waals surface area contributed by atoms with Crippen molar-refractivity contribution in [3.63, 3.8) is 0 Å². The second kappa shape index (κ2) is 8.09. The molecule has 0 bridgehead atoms. The van der Waals surface area contributed by atoms with Gasteiger partial charge >= 0.3 is 0 Å². The maximum atomic E-state index is 12.1. The number of nitrogens with zero attached hydrogens (tertiary/aromatic N) is 2. The molecule has 0 aromatic carbocycles. The van der Waals surface area contributed by atoms with Gasteiger partial charge in [-0.3, -0.25) is 4.79 Å². The van der Waals surface area contributed by atoms with Crippen molar-refractivity contribution in [2.75, 3.05) is 27.2 Å². The normalized spacial score (nSPS) is 10.2. The first-order chi connectivity index (χ1) is 9.11. The van der Waals surface area contributed by atoms with Crippen LogP contribution in [0.25, 0.3) is 9.88 Å². The van der Waals surface area contributed by atoms with Gasteiger partial charge in [-0.15, -0.1) is 35.1 Å². The Bertz CT molecular complexity index is 573. The van der Waals surface area contributed by atoms with Crippen LogP contribution in [-0.4, -0.2) is 43.0 Å². The fourth-order valence-electron chi connectivity index (χ4n) is 1.49. The quantitative estimate of drug-likeness (QED) is 0.843. The maximum absolute atomic E-state index is 12.1. The van der Waals surface area contributed by atoms with Crippen molar-refractivity contribution < 1.29 is 4.79 Å². The number of carbonyl (C=O) groups excluding carboxylic acids is 1. The van der Waals surface area contributed by atoms with E-state index in [1.807, 2.05) is 24.6 Å². The molecule has 0 aliphatic carbocycles. The largest absolute Gasteiger partial charge is 0.339 e. The van der Waals surface area contributed by atoms with Crippen molar-refractivity contribution in [2.45, 2.75) is 0 Å². The first kappa shape index (κ1) is 17.6. The van der Waals surface area contributed by atoms with Crippen LogP contribution in [0.1, 0.15) is 10.5 Å². The molecule has 2 heterocycles. The van der Waals surface area contributed by atoms with E-state index in [-0.39, 0.29) is 18.3 Å². The number of carbonyl (C=O) groups is 1. The second-order valence-corrected chi connectivity index (χ2v) is 7.29. The molecule has 0 aliphatic rings. The van der Waals surface area contributed by atoms with Crippen LogP contribution in [0.5, 0.6) is 0 Å². The number of hydrogen-bond acceptors (Lipinski definition) is 5. The second-order valence-electron chi connectivity index (χ2n) is 3.97. The van der Waals surface area contributed by atoms with Gasteiger partial charge in [0, 0.05) is 25.5 Å². The molecule has 110 valence electrons. The SMILES string of the molecule is CNCCN(C)C(=O)c1csc(-c2ccc(Br)s2)n1.Cl. The number of likely N-dealkylation sites (N-methyl/N-ethyl adjacent to an activating group) is 2. The third kappa shape index (κ3) is 4.26. The molecular weight excluding hydrogens is 382 g/mol. The van der Waals surface area contributed by atoms with Crippen LogP contribution in [0.3, 0.4) is 0 Å². The molecule has 1 N–H and O–H groups in total. The Morgan fingerprint density at radius 3 is 2.85 bits per heavy atom. The van der Waals surface area contributed by atoms with Crippen molar-refractivity contribution in [1.29, 1.82) is 0 Å². The van der Waals surface area contributed by atoms with Crippen molar-refractivity contribution in [3.05, 3.63) is 27.0 Å². The Kier molecular flexibility index (Phi) is 7.11. The molecule has 4 nitrogen and oxygen atoms in total. The lowest BCUT2D eigenvalue weighted by molar-refractivity contribution is 0.0792. The molecule has 0 saturated carbocycles. The summed E-state index contributed by atoms with van der Waals surface area (Å²) in [6, 6.07) is 3.99. The molecule has 0 radical (unpaired) electrons. The maximum Gasteiger partial charge on any atom is 0.273 e. The molecule has 2 aromatic heterocycles. The van der Waals surface area contributed by atoms with Crippen LogP contribution < -0.4 is 5.32 Å². The fourth-order valence-corrected chi connectivity index (χ4v) is 3.74. The van der Waals surface area contributed by atoms with Gasteiger partial charge in [-0.05, 0) is 35.1 Å². The average molecular weight is 397 g/mol. The van der Waals surface area contributed by atoms with E-state index >= 15 is 0 Å². The standard InChI is InChI=1S/C12H14BrN3OS2.ClH/c1-14-5-6-16(2)12(17)8-7-18-11(15-8)9-3-4-10(13)19-9;/h3-4,7,14H,5-6H2,1-2H3;1H. The van der Waals surface area contributed by atoms with Gasteiger partial charge in [0.15, 0.2) is 0 Å². The summed E-state index contributed by atoms with van der Waals surface area (Å²) in [6.45, 7) is 1.45. The number of thiophene rings is 1. The summed E-state index contributed by atoms with van der Waals surface area (Å²) in [7, 11) is 3.66. The molecule has 0 spiro atoms. The molecule has 20 heavy (non-hydrogen) atoms. The third-order valence-electron chi connectivity index (χ3n) is 2.55. The van der Waals surface area contributed by atoms with Gasteiger partial charge in [-0.25, -0.2) is 4.98 Å². The van der Waals surface area contributed by atoms with E-state index in [4.69, 9.17) is 0 Å². The summed E-state index contributed by atoms with van der Waals surface area (Å²) in [5.74, 6) is -0.0339. The van der Waals surface area contributed by atoms with E-state index in [2.05, 4.69) is 26.2 Å². The van der Waals surface area contributed by atoms with Crippen LogP contribution in [0.2, 0.25) is 0 Å². The minimum absolute atomic E-state index is 0. The summed E-state index contributed by atoms with van der Waals surface area (Å²) < 4.78 is 1.07. The van der Waals surface area contributed by atoms with Crippen LogP contribution in [-0.2, 0) is 0 Å². The Balaban J connectivity index is 0.00000200. The minimum Gasteiger partial charge on any atom is -0.339 e. The van der Waals surface area contributed by atoms with E-state index in [0.29, 0.717) is 12.2 Å². The molecule has 8 heteroatoms. The lowest BCUT2D eigenvalue weighted by Crippen LogP contribution is -2.32. The van der Waals surface area contributed by atoms with Crippen LogP contribution in [0, 0.1) is 0 Å². The van der Waals surface area contributed by atoms with Gasteiger partial charge in [-0.1, -0.05) is 0 Å². The van der Waals surface area contributed by atoms with Crippen LogP contribution in [0.15, 0.2) is 21.3 Å². The lowest BCUT2D eigenvalue weighted by atomic mass is 10.4. The number of hydrogen-bond donors (Lipinski definition) is 1. The highest BCUT2D eigenvalue weighted by atomic mass is 79.9. The summed E-state index contributed by atoms with van der Waals surface area (Å²) in [4.78, 5) is 19.3. The zero-order valence-electron chi connectivity index (χ0n) is 11.1. The molecular formula is C12H15BrClN3OS2. The van der Waals surface area contributed by atoms with Gasteiger partial charge in [0.1, 0.15) is 10.7 Å². The van der Waals surface area contributed by atoms with E-state index in [0.717, 1.165) is 20.2 Å². The Morgan fingerprint density at radius 1 is 1.50 bits per heavy atom. The zero-order chi connectivity index (χ0) is 13.8. The summed E-state index contributed by atoms with van der Waals surface area (Å²) >= 11 is 6.55. The smallest absolute Gasteiger partial charge is 0.273 e. The number of rotatable bonds is 5. The van der Waals surface area contributed by atoms with Crippen molar-refractivity contribution in [1.82, 2.24) is 15.2 Å². The number of thiazole rings is 1. The van der Waals surface area contributed by atoms with Gasteiger partial charge < -0.3 is 10.2 Å². The minimum atomic E-state index is -0.0339. The lowest BCUT2D eigenvalue weighted by Gasteiger charge is -2.15. The number of amides is 1. The van der Waals surface area contributed by atoms with Gasteiger partial charge in [0.2, 0.25) is 0 Å². The first-order valence-electron chi connectivity index (χ1n) is 5.73. The van der Waals surface area contributed by atoms with E-state index < -0.39 is 0 Å². The van der Waals surface area contributed by atoms with Crippen LogP contribution in [0.4, 0.5) is 0 Å². The molecule has 0 atom stereocenters. The molecule has 0 saturated heterocycles. The van der Waals surface area contributed by atoms with E-state index in [1.54, 1.807) is 23.3 Å². The van der Waals surface area contributed by atoms with Crippen molar-refractivity contribution in [2.24, 2.45) is 0 Å². The molecule has 1 amide bonds. The van der Waals surface area contributed by atoms with Gasteiger partial charge in [0.05, 0.1) is 8.66 Å². The number of nitrogens with one attached hydrogen (secondary N) is 1. The van der Waals surface area contributed by atoms with Gasteiger partial charge in [0.25, 0.3) is 5.91 Å². The Hall–Kier alpha value is -0.470. The fraction of sp³-hybridized carbons (Fsp3) is 0.333. The molecule has 0 unspecified atom stereocenters. The summed E-state index contributed by atoms with van der Waals surface area (Å²) in [6.07, 6.45) is 0. The van der Waals surface area contributed by atoms with Gasteiger partial charge in [-0.2, -0.15) is 0 Å². The predicted molar refractivity (Wildman–Crippen MR) is 91.3 cm³/mol. The first-order valence-corrected chi connectivity index (χ1v) is 8.22. The highest BCUT2D eigenvalue weighted by molar-refractivity contribution is 9.11. The predicted octanol–water partition coefficient (Wildman–Crippen LogP) is 3.35. The number of halogens is 2. The number of aromatic nitrogens is 1. The Morgan fingerprint density at radius 2 is 2.25 bits per heavy atom. The topological polar surface area (TPSA) is 45.2 Å². The van der Waals surface area contributed by atoms with Crippen molar-refractivity contribution in [3.8, 4) is 9.88 Å². The molecule has 0 aliphatic heterocycles. The summed E-state index contributed by atoms with van der Waals surface area (Å²) in [5.41, 5.74) is 0.517. The Labute approximate surface area is 140 Å². The van der Waals surface area contributed by atoms with E-state index in [1.165, 1.54) is 11.3 Å². The zero-order valence-corrected chi connectivity index (χ0v) is 15.1. The molecule has 2 aromatic rings. The monoisotopic (exact) mass is 395 g/mol. The van der Waals surface area contributed by atoms with E-state index in [9.17, 15) is 4.79 Å². The molecule has 2 rings (SSSR count). The third-order valence-corrected chi connectivity index (χ3v) is 5.19. The average Bonchev–Trinajstić information content (AvgIpc) is 3.03. The summed E-state index contributed by atoms with van der Waals surface area (Å²) in [5, 5.41) is 5.73. The van der Waals surface area contributed by atoms with Crippen molar-refractivity contribution >= 4 is 56.9 Å². The highest BCUT2D eigenvalue weighted by Crippen LogP contribution is 2.33. The molecule has 0 fully saturated rings.